The number of carbonyl (C=O) groups excluding carboxylic acids is 1. The van der Waals surface area contributed by atoms with Gasteiger partial charge in [0.2, 0.25) is 0 Å². The lowest BCUT2D eigenvalue weighted by molar-refractivity contribution is -0.227. The summed E-state index contributed by atoms with van der Waals surface area (Å²) in [4.78, 5) is 23.9. The van der Waals surface area contributed by atoms with E-state index >= 15 is 0 Å². The predicted molar refractivity (Wildman–Crippen MR) is 159 cm³/mol. The summed E-state index contributed by atoms with van der Waals surface area (Å²) in [5.74, 6) is -1.44. The van der Waals surface area contributed by atoms with Gasteiger partial charge in [-0.05, 0) is 73.8 Å². The first kappa shape index (κ1) is 32.4. The minimum Gasteiger partial charge on any atom is -0.479 e. The Hall–Kier alpha value is -3.10. The van der Waals surface area contributed by atoms with E-state index in [-0.39, 0.29) is 24.0 Å². The second-order valence-corrected chi connectivity index (χ2v) is 12.0. The molecule has 1 aliphatic carbocycles. The van der Waals surface area contributed by atoms with Crippen LogP contribution in [0.2, 0.25) is 0 Å². The van der Waals surface area contributed by atoms with Crippen LogP contribution < -0.4 is 0 Å². The molecule has 3 rings (SSSR count). The Labute approximate surface area is 243 Å². The van der Waals surface area contributed by atoms with E-state index in [2.05, 4.69) is 39.8 Å². The van der Waals surface area contributed by atoms with E-state index < -0.39 is 36.5 Å². The predicted octanol–water partition coefficient (Wildman–Crippen LogP) is 4.81. The Balaban J connectivity index is 1.54. The zero-order valence-corrected chi connectivity index (χ0v) is 24.7. The summed E-state index contributed by atoms with van der Waals surface area (Å²) in [6.45, 7) is 10.8. The van der Waals surface area contributed by atoms with Crippen LogP contribution in [0.1, 0.15) is 65.0 Å². The number of aliphatic hydroxyl groups excluding tert-OH is 3. The number of hydrogen-bond acceptors (Lipinski definition) is 6. The number of aliphatic carboxylic acids is 1. The first-order chi connectivity index (χ1) is 19.3. The molecule has 4 N–H and O–H groups in total. The van der Waals surface area contributed by atoms with Crippen molar-refractivity contribution in [3.05, 3.63) is 94.1 Å². The highest BCUT2D eigenvalue weighted by molar-refractivity contribution is 5.92. The first-order valence-corrected chi connectivity index (χ1v) is 14.2. The van der Waals surface area contributed by atoms with Crippen LogP contribution in [0.15, 0.2) is 83.0 Å². The van der Waals surface area contributed by atoms with Crippen LogP contribution in [0.25, 0.3) is 0 Å². The fraction of sp³-hybridized carbons (Fsp3) is 0.471. The number of rotatable bonds is 10. The molecule has 41 heavy (non-hydrogen) atoms. The Kier molecular flexibility index (Phi) is 11.2. The molecule has 1 fully saturated rings. The van der Waals surface area contributed by atoms with Crippen LogP contribution in [0.5, 0.6) is 0 Å². The van der Waals surface area contributed by atoms with Gasteiger partial charge < -0.3 is 25.2 Å². The Morgan fingerprint density at radius 2 is 1.63 bits per heavy atom. The van der Waals surface area contributed by atoms with Crippen LogP contribution in [0.4, 0.5) is 0 Å². The molecule has 2 aliphatic rings. The number of aliphatic hydroxyl groups is 3. The van der Waals surface area contributed by atoms with E-state index in [1.54, 1.807) is 30.3 Å². The lowest BCUT2D eigenvalue weighted by Crippen LogP contribution is -2.60. The first-order valence-electron chi connectivity index (χ1n) is 14.2. The Morgan fingerprint density at radius 1 is 0.976 bits per heavy atom. The van der Waals surface area contributed by atoms with E-state index in [0.29, 0.717) is 0 Å². The summed E-state index contributed by atoms with van der Waals surface area (Å²) >= 11 is 0. The van der Waals surface area contributed by atoms with Gasteiger partial charge in [-0.2, -0.15) is 0 Å². The molecule has 1 aromatic rings. The second-order valence-electron chi connectivity index (χ2n) is 12.0. The summed E-state index contributed by atoms with van der Waals surface area (Å²) in [6.07, 6.45) is 8.54. The quantitative estimate of drug-likeness (QED) is 0.238. The molecule has 0 amide bonds. The van der Waals surface area contributed by atoms with E-state index in [1.165, 1.54) is 30.4 Å². The van der Waals surface area contributed by atoms with Crippen molar-refractivity contribution in [1.82, 2.24) is 0 Å². The number of hydrogen-bond donors (Lipinski definition) is 4. The summed E-state index contributed by atoms with van der Waals surface area (Å²) in [6, 6.07) is 7.14. The molecule has 0 radical (unpaired) electrons. The monoisotopic (exact) mass is 564 g/mol. The molecule has 7 nitrogen and oxygen atoms in total. The summed E-state index contributed by atoms with van der Waals surface area (Å²) in [5, 5.41) is 39.3. The number of allylic oxidation sites excluding steroid dienone is 10. The van der Waals surface area contributed by atoms with Gasteiger partial charge in [-0.25, -0.2) is 4.79 Å². The third-order valence-electron chi connectivity index (χ3n) is 7.96. The zero-order chi connectivity index (χ0) is 30.3. The Bertz CT molecular complexity index is 1250. The highest BCUT2D eigenvalue weighted by atomic mass is 16.6. The molecule has 5 atom stereocenters. The van der Waals surface area contributed by atoms with Gasteiger partial charge in [-0.1, -0.05) is 79.6 Å². The zero-order valence-electron chi connectivity index (χ0n) is 24.7. The smallest absolute Gasteiger partial charge is 0.335 e. The molecular weight excluding hydrogens is 520 g/mol. The van der Waals surface area contributed by atoms with Gasteiger partial charge in [0.15, 0.2) is 11.9 Å². The van der Waals surface area contributed by atoms with Gasteiger partial charge in [0, 0.05) is 12.8 Å². The molecule has 0 spiro atoms. The Morgan fingerprint density at radius 3 is 2.27 bits per heavy atom. The van der Waals surface area contributed by atoms with Gasteiger partial charge >= 0.3 is 5.97 Å². The third-order valence-corrected chi connectivity index (χ3v) is 7.96. The maximum absolute atomic E-state index is 12.6. The van der Waals surface area contributed by atoms with Crippen LogP contribution in [0, 0.1) is 5.41 Å². The molecule has 0 saturated carbocycles. The van der Waals surface area contributed by atoms with E-state index in [4.69, 9.17) is 4.74 Å². The number of benzene rings is 1. The van der Waals surface area contributed by atoms with Crippen molar-refractivity contribution < 1.29 is 34.8 Å². The van der Waals surface area contributed by atoms with E-state index in [0.717, 1.165) is 22.3 Å². The van der Waals surface area contributed by atoms with E-state index in [9.17, 15) is 30.0 Å². The van der Waals surface area contributed by atoms with Crippen molar-refractivity contribution in [2.24, 2.45) is 5.41 Å². The topological polar surface area (TPSA) is 124 Å². The standard InChI is InChI=1S/C34H44O7/c1-21(11-16-27-23(3)10-7-17-34(27,4)5)8-6-9-22(2)18-26(35)19-24-12-14-25(15-13-24)20-28-29(36)30(37)31(38)32(41-28)33(39)40/h6,8-9,11-16,18,28-32,36-38H,7,10,17,19-20H2,1-5H3,(H,39,40)/t28-,29?,30+,31-,32?/m0/s1. The minimum atomic E-state index is -1.71. The van der Waals surface area contributed by atoms with Crippen molar-refractivity contribution in [1.29, 1.82) is 0 Å². The molecule has 0 bridgehead atoms. The van der Waals surface area contributed by atoms with Crippen LogP contribution >= 0.6 is 0 Å². The molecule has 1 aromatic carbocycles. The maximum atomic E-state index is 12.6. The summed E-state index contributed by atoms with van der Waals surface area (Å²) in [5.41, 5.74) is 6.65. The maximum Gasteiger partial charge on any atom is 0.335 e. The van der Waals surface area contributed by atoms with Crippen LogP contribution in [-0.4, -0.2) is 62.7 Å². The average Bonchev–Trinajstić information content (AvgIpc) is 2.89. The molecule has 1 saturated heterocycles. The molecule has 1 heterocycles. The number of carbonyl (C=O) groups is 2. The molecular formula is C34H44O7. The van der Waals surface area contributed by atoms with Crippen molar-refractivity contribution in [2.45, 2.75) is 97.2 Å². The lowest BCUT2D eigenvalue weighted by atomic mass is 9.72. The molecule has 0 aromatic heterocycles. The fourth-order valence-corrected chi connectivity index (χ4v) is 5.54. The van der Waals surface area contributed by atoms with Crippen molar-refractivity contribution in [2.75, 3.05) is 0 Å². The van der Waals surface area contributed by atoms with E-state index in [1.807, 2.05) is 25.2 Å². The molecule has 1 aliphatic heterocycles. The second kappa shape index (κ2) is 14.2. The molecule has 2 unspecified atom stereocenters. The molecule has 222 valence electrons. The van der Waals surface area contributed by atoms with Crippen molar-refractivity contribution in [3.63, 3.8) is 0 Å². The van der Waals surface area contributed by atoms with Crippen molar-refractivity contribution in [3.8, 4) is 0 Å². The SMILES string of the molecule is CC(C=CC1=C(C)CCCC1(C)C)=CC=CC(C)=CC(=O)Cc1ccc(C[C@@H]2OC(C(=O)O)[C@@H](O)[C@H](O)C2O)cc1. The highest BCUT2D eigenvalue weighted by Gasteiger charge is 2.46. The van der Waals surface area contributed by atoms with Gasteiger partial charge in [0.05, 0.1) is 6.10 Å². The number of carboxylic acid groups (broad SMARTS) is 1. The van der Waals surface area contributed by atoms with Gasteiger partial charge in [0.1, 0.15) is 18.3 Å². The normalized spacial score (nSPS) is 27.6. The van der Waals surface area contributed by atoms with Crippen molar-refractivity contribution >= 4 is 11.8 Å². The third kappa shape index (κ3) is 8.94. The fourth-order valence-electron chi connectivity index (χ4n) is 5.54. The number of ketones is 1. The molecule has 7 heteroatoms. The van der Waals surface area contributed by atoms with Gasteiger partial charge in [0.25, 0.3) is 0 Å². The van der Waals surface area contributed by atoms with Gasteiger partial charge in [-0.3, -0.25) is 4.79 Å². The average molecular weight is 565 g/mol. The lowest BCUT2D eigenvalue weighted by Gasteiger charge is -2.39. The van der Waals surface area contributed by atoms with Gasteiger partial charge in [-0.15, -0.1) is 0 Å². The summed E-state index contributed by atoms with van der Waals surface area (Å²) in [7, 11) is 0. The number of ether oxygens (including phenoxy) is 1. The van der Waals surface area contributed by atoms with Crippen LogP contribution in [-0.2, 0) is 27.2 Å². The van der Waals surface area contributed by atoms with Crippen LogP contribution in [0.3, 0.4) is 0 Å². The largest absolute Gasteiger partial charge is 0.479 e. The summed E-state index contributed by atoms with van der Waals surface area (Å²) < 4.78 is 5.35. The minimum absolute atomic E-state index is 0.0325. The number of carboxylic acids is 1. The highest BCUT2D eigenvalue weighted by Crippen LogP contribution is 2.40.